The third-order valence-electron chi connectivity index (χ3n) is 3.86. The zero-order valence-electron chi connectivity index (χ0n) is 11.5. The maximum atomic E-state index is 5.68. The molecule has 2 heterocycles. The first-order valence-electron chi connectivity index (χ1n) is 6.92. The Bertz CT molecular complexity index is 376. The van der Waals surface area contributed by atoms with Crippen molar-refractivity contribution in [2.24, 2.45) is 5.73 Å². The average molecular weight is 248 g/mol. The van der Waals surface area contributed by atoms with E-state index in [1.54, 1.807) is 0 Å². The Kier molecular flexibility index (Phi) is 4.55. The molecular weight excluding hydrogens is 224 g/mol. The maximum Gasteiger partial charge on any atom is 0.128 e. The largest absolute Gasteiger partial charge is 0.355 e. The summed E-state index contributed by atoms with van der Waals surface area (Å²) in [5.41, 5.74) is 6.84. The first kappa shape index (κ1) is 13.3. The van der Waals surface area contributed by atoms with Gasteiger partial charge in [0, 0.05) is 31.9 Å². The molecule has 1 atom stereocenters. The molecule has 1 aromatic heterocycles. The lowest BCUT2D eigenvalue weighted by molar-refractivity contribution is 0.232. The van der Waals surface area contributed by atoms with Crippen LogP contribution in [0, 0.1) is 0 Å². The van der Waals surface area contributed by atoms with Crippen LogP contribution in [-0.4, -0.2) is 42.1 Å². The lowest BCUT2D eigenvalue weighted by atomic mass is 10.2. The van der Waals surface area contributed by atoms with E-state index >= 15 is 0 Å². The average Bonchev–Trinajstić information content (AvgIpc) is 2.90. The lowest BCUT2D eigenvalue weighted by Gasteiger charge is -2.26. The van der Waals surface area contributed by atoms with Gasteiger partial charge in [0.25, 0.3) is 0 Å². The number of nitrogens with zero attached hydrogens (tertiary/aromatic N) is 3. The van der Waals surface area contributed by atoms with Gasteiger partial charge in [-0.25, -0.2) is 4.98 Å². The van der Waals surface area contributed by atoms with Crippen LogP contribution in [0.2, 0.25) is 0 Å². The van der Waals surface area contributed by atoms with E-state index in [2.05, 4.69) is 34.7 Å². The minimum atomic E-state index is 0.586. The Morgan fingerprint density at radius 3 is 2.89 bits per heavy atom. The monoisotopic (exact) mass is 248 g/mol. The van der Waals surface area contributed by atoms with Crippen molar-refractivity contribution in [1.82, 2.24) is 9.88 Å². The van der Waals surface area contributed by atoms with Crippen LogP contribution in [0.3, 0.4) is 0 Å². The highest BCUT2D eigenvalue weighted by molar-refractivity contribution is 5.42. The minimum absolute atomic E-state index is 0.586. The van der Waals surface area contributed by atoms with Gasteiger partial charge in [-0.3, -0.25) is 4.90 Å². The topological polar surface area (TPSA) is 45.4 Å². The van der Waals surface area contributed by atoms with Crippen molar-refractivity contribution >= 4 is 5.82 Å². The van der Waals surface area contributed by atoms with Crippen LogP contribution >= 0.6 is 0 Å². The smallest absolute Gasteiger partial charge is 0.128 e. The molecule has 1 aliphatic heterocycles. The van der Waals surface area contributed by atoms with E-state index < -0.39 is 0 Å². The fourth-order valence-electron chi connectivity index (χ4n) is 2.75. The summed E-state index contributed by atoms with van der Waals surface area (Å²) in [4.78, 5) is 9.38. The van der Waals surface area contributed by atoms with Gasteiger partial charge in [-0.15, -0.1) is 0 Å². The molecule has 4 heteroatoms. The fourth-order valence-corrected chi connectivity index (χ4v) is 2.75. The van der Waals surface area contributed by atoms with Crippen molar-refractivity contribution in [3.63, 3.8) is 0 Å². The third-order valence-corrected chi connectivity index (χ3v) is 3.86. The second-order valence-corrected chi connectivity index (χ2v) is 4.84. The van der Waals surface area contributed by atoms with E-state index in [0.29, 0.717) is 12.6 Å². The molecule has 0 amide bonds. The molecule has 0 radical (unpaired) electrons. The van der Waals surface area contributed by atoms with E-state index in [0.717, 1.165) is 37.6 Å². The van der Waals surface area contributed by atoms with Crippen LogP contribution in [0.15, 0.2) is 18.3 Å². The molecule has 0 bridgehead atoms. The van der Waals surface area contributed by atoms with Crippen LogP contribution in [0.5, 0.6) is 0 Å². The molecule has 2 rings (SSSR count). The van der Waals surface area contributed by atoms with Crippen molar-refractivity contribution in [3.05, 3.63) is 23.9 Å². The number of nitrogens with two attached hydrogens (primary N) is 1. The van der Waals surface area contributed by atoms with Crippen molar-refractivity contribution in [2.45, 2.75) is 32.9 Å². The van der Waals surface area contributed by atoms with Gasteiger partial charge < -0.3 is 10.6 Å². The summed E-state index contributed by atoms with van der Waals surface area (Å²) < 4.78 is 0. The fraction of sp³-hybridized carbons (Fsp3) is 0.643. The SMILES string of the molecule is CCN(CC)C1CCN(c2cc(CN)ccn2)C1. The molecule has 2 N–H and O–H groups in total. The summed E-state index contributed by atoms with van der Waals surface area (Å²) in [6.07, 6.45) is 3.10. The molecule has 18 heavy (non-hydrogen) atoms. The molecule has 100 valence electrons. The first-order valence-corrected chi connectivity index (χ1v) is 6.92. The molecule has 1 saturated heterocycles. The zero-order valence-corrected chi connectivity index (χ0v) is 11.5. The molecule has 1 aromatic rings. The van der Waals surface area contributed by atoms with Gasteiger partial charge >= 0.3 is 0 Å². The van der Waals surface area contributed by atoms with Crippen molar-refractivity contribution in [2.75, 3.05) is 31.1 Å². The highest BCUT2D eigenvalue weighted by Gasteiger charge is 2.26. The molecule has 1 aliphatic rings. The molecule has 1 fully saturated rings. The zero-order chi connectivity index (χ0) is 13.0. The number of rotatable bonds is 5. The van der Waals surface area contributed by atoms with Crippen LogP contribution in [-0.2, 0) is 6.54 Å². The molecule has 1 unspecified atom stereocenters. The van der Waals surface area contributed by atoms with Gasteiger partial charge in [0.1, 0.15) is 5.82 Å². The van der Waals surface area contributed by atoms with Crippen molar-refractivity contribution in [1.29, 1.82) is 0 Å². The number of hydrogen-bond acceptors (Lipinski definition) is 4. The standard InChI is InChI=1S/C14H24N4/c1-3-17(4-2)13-6-8-18(11-13)14-9-12(10-15)5-7-16-14/h5,7,9,13H,3-4,6,8,10-11,15H2,1-2H3. The molecule has 0 aliphatic carbocycles. The van der Waals surface area contributed by atoms with E-state index in [1.807, 2.05) is 12.3 Å². The van der Waals surface area contributed by atoms with E-state index in [4.69, 9.17) is 5.73 Å². The van der Waals surface area contributed by atoms with Gasteiger partial charge in [-0.05, 0) is 37.2 Å². The van der Waals surface area contributed by atoms with Gasteiger partial charge in [-0.2, -0.15) is 0 Å². The highest BCUT2D eigenvalue weighted by Crippen LogP contribution is 2.21. The molecule has 0 saturated carbocycles. The summed E-state index contributed by atoms with van der Waals surface area (Å²) in [5, 5.41) is 0. The third kappa shape index (κ3) is 2.82. The highest BCUT2D eigenvalue weighted by atomic mass is 15.3. The quantitative estimate of drug-likeness (QED) is 0.857. The predicted octanol–water partition coefficient (Wildman–Crippen LogP) is 1.46. The summed E-state index contributed by atoms with van der Waals surface area (Å²) in [6.45, 7) is 9.50. The summed E-state index contributed by atoms with van der Waals surface area (Å²) >= 11 is 0. The second kappa shape index (κ2) is 6.16. The van der Waals surface area contributed by atoms with Gasteiger partial charge in [0.15, 0.2) is 0 Å². The Labute approximate surface area is 110 Å². The van der Waals surface area contributed by atoms with Crippen LogP contribution in [0.4, 0.5) is 5.82 Å². The van der Waals surface area contributed by atoms with Crippen LogP contribution in [0.25, 0.3) is 0 Å². The van der Waals surface area contributed by atoms with Gasteiger partial charge in [0.05, 0.1) is 0 Å². The lowest BCUT2D eigenvalue weighted by Crippen LogP contribution is -2.37. The van der Waals surface area contributed by atoms with E-state index in [9.17, 15) is 0 Å². The van der Waals surface area contributed by atoms with Gasteiger partial charge in [0.2, 0.25) is 0 Å². The minimum Gasteiger partial charge on any atom is -0.355 e. The van der Waals surface area contributed by atoms with E-state index in [1.165, 1.54) is 6.42 Å². The van der Waals surface area contributed by atoms with Crippen LogP contribution in [0.1, 0.15) is 25.8 Å². The van der Waals surface area contributed by atoms with Crippen molar-refractivity contribution < 1.29 is 0 Å². The first-order chi connectivity index (χ1) is 8.78. The molecular formula is C14H24N4. The number of anilines is 1. The Hall–Kier alpha value is -1.13. The van der Waals surface area contributed by atoms with Gasteiger partial charge in [-0.1, -0.05) is 13.8 Å². The number of hydrogen-bond donors (Lipinski definition) is 1. The van der Waals surface area contributed by atoms with Crippen LogP contribution < -0.4 is 10.6 Å². The molecule has 0 aromatic carbocycles. The summed E-state index contributed by atoms with van der Waals surface area (Å²) in [6, 6.07) is 4.77. The normalized spacial score (nSPS) is 19.8. The number of pyridine rings is 1. The van der Waals surface area contributed by atoms with E-state index in [-0.39, 0.29) is 0 Å². The Morgan fingerprint density at radius 1 is 1.44 bits per heavy atom. The Morgan fingerprint density at radius 2 is 2.22 bits per heavy atom. The van der Waals surface area contributed by atoms with Crippen molar-refractivity contribution in [3.8, 4) is 0 Å². The maximum absolute atomic E-state index is 5.68. The summed E-state index contributed by atoms with van der Waals surface area (Å²) in [7, 11) is 0. The molecule has 0 spiro atoms. The predicted molar refractivity (Wildman–Crippen MR) is 75.7 cm³/mol. The second-order valence-electron chi connectivity index (χ2n) is 4.84. The Balaban J connectivity index is 2.03. The summed E-state index contributed by atoms with van der Waals surface area (Å²) in [5.74, 6) is 1.08. The number of likely N-dealkylation sites (N-methyl/N-ethyl adjacent to an activating group) is 1. The number of aromatic nitrogens is 1. The molecule has 4 nitrogen and oxygen atoms in total.